The van der Waals surface area contributed by atoms with Gasteiger partial charge in [-0.05, 0) is 107 Å². The van der Waals surface area contributed by atoms with Crippen molar-refractivity contribution in [1.29, 1.82) is 0 Å². The fraction of sp³-hybridized carbons (Fsp3) is 0.680. The minimum Gasteiger partial charge on any atom is -0.440 e. The number of nitrogens with zero attached hydrogens (tertiary/aromatic N) is 2. The van der Waals surface area contributed by atoms with Crippen molar-refractivity contribution in [2.24, 2.45) is 17.8 Å². The first kappa shape index (κ1) is 20.0. The second-order valence-electron chi connectivity index (χ2n) is 10.8. The van der Waals surface area contributed by atoms with Gasteiger partial charge in [0.2, 0.25) is 5.91 Å². The van der Waals surface area contributed by atoms with Gasteiger partial charge < -0.3 is 9.73 Å². The molecule has 1 N–H and O–H groups in total. The molecule has 31 heavy (non-hydrogen) atoms. The van der Waals surface area contributed by atoms with Gasteiger partial charge in [0, 0.05) is 16.5 Å². The highest BCUT2D eigenvalue weighted by Gasteiger charge is 2.51. The number of carbonyl (C=O) groups is 1. The summed E-state index contributed by atoms with van der Waals surface area (Å²) in [5.74, 6) is 3.90. The van der Waals surface area contributed by atoms with Crippen LogP contribution in [0.2, 0.25) is 5.02 Å². The summed E-state index contributed by atoms with van der Waals surface area (Å²) >= 11 is 6.08. The van der Waals surface area contributed by atoms with Crippen molar-refractivity contribution in [1.82, 2.24) is 15.2 Å². The van der Waals surface area contributed by atoms with E-state index < -0.39 is 0 Å². The Balaban J connectivity index is 1.08. The summed E-state index contributed by atoms with van der Waals surface area (Å²) in [5, 5.41) is 4.25. The van der Waals surface area contributed by atoms with E-state index in [2.05, 4.69) is 22.1 Å². The Labute approximate surface area is 188 Å². The van der Waals surface area contributed by atoms with E-state index in [4.69, 9.17) is 16.0 Å². The normalized spacial score (nSPS) is 34.3. The van der Waals surface area contributed by atoms with Gasteiger partial charge in [-0.2, -0.15) is 0 Å². The van der Waals surface area contributed by atoms with Gasteiger partial charge in [0.25, 0.3) is 0 Å². The molecule has 0 spiro atoms. The highest BCUT2D eigenvalue weighted by molar-refractivity contribution is 6.31. The Morgan fingerprint density at radius 1 is 1.16 bits per heavy atom. The molecule has 166 valence electrons. The van der Waals surface area contributed by atoms with E-state index in [0.29, 0.717) is 10.9 Å². The Kier molecular flexibility index (Phi) is 4.84. The lowest BCUT2D eigenvalue weighted by Crippen LogP contribution is -2.62. The molecule has 4 saturated carbocycles. The first-order valence-corrected chi connectivity index (χ1v) is 12.5. The molecule has 2 heterocycles. The molecule has 7 rings (SSSR count). The maximum absolute atomic E-state index is 13.2. The van der Waals surface area contributed by atoms with Crippen LogP contribution in [0.5, 0.6) is 0 Å². The van der Waals surface area contributed by atoms with Crippen molar-refractivity contribution in [3.63, 3.8) is 0 Å². The number of fused-ring (bicyclic) bond motifs is 1. The number of rotatable bonds is 4. The minimum atomic E-state index is -0.0728. The first-order chi connectivity index (χ1) is 15.0. The predicted molar refractivity (Wildman–Crippen MR) is 121 cm³/mol. The third-order valence-electron chi connectivity index (χ3n) is 8.60. The van der Waals surface area contributed by atoms with Crippen LogP contribution in [0.4, 0.5) is 0 Å². The van der Waals surface area contributed by atoms with Crippen LogP contribution in [0.25, 0.3) is 11.1 Å². The van der Waals surface area contributed by atoms with E-state index in [1.807, 2.05) is 18.2 Å². The predicted octanol–water partition coefficient (Wildman–Crippen LogP) is 5.13. The fourth-order valence-corrected chi connectivity index (χ4v) is 7.59. The molecule has 1 saturated heterocycles. The van der Waals surface area contributed by atoms with Crippen LogP contribution < -0.4 is 5.32 Å². The van der Waals surface area contributed by atoms with Crippen molar-refractivity contribution in [2.75, 3.05) is 13.1 Å². The largest absolute Gasteiger partial charge is 0.440 e. The van der Waals surface area contributed by atoms with Crippen molar-refractivity contribution in [3.05, 3.63) is 29.1 Å². The molecule has 2 aromatic rings. The molecule has 1 atom stereocenters. The van der Waals surface area contributed by atoms with Crippen molar-refractivity contribution < 1.29 is 9.21 Å². The Hall–Kier alpha value is -1.59. The van der Waals surface area contributed by atoms with Crippen LogP contribution in [-0.2, 0) is 4.79 Å². The van der Waals surface area contributed by atoms with E-state index >= 15 is 0 Å². The highest BCUT2D eigenvalue weighted by atomic mass is 35.5. The average Bonchev–Trinajstić information content (AvgIpc) is 3.15. The smallest absolute Gasteiger partial charge is 0.237 e. The summed E-state index contributed by atoms with van der Waals surface area (Å²) in [4.78, 5) is 20.2. The lowest BCUT2D eigenvalue weighted by atomic mass is 9.53. The Morgan fingerprint density at radius 2 is 1.81 bits per heavy atom. The molecule has 0 radical (unpaired) electrons. The second kappa shape index (κ2) is 7.48. The monoisotopic (exact) mass is 441 g/mol. The molecule has 1 aliphatic heterocycles. The first-order valence-electron chi connectivity index (χ1n) is 12.1. The number of piperidine rings is 1. The molecule has 5 aliphatic rings. The van der Waals surface area contributed by atoms with Gasteiger partial charge >= 0.3 is 0 Å². The zero-order valence-electron chi connectivity index (χ0n) is 18.3. The van der Waals surface area contributed by atoms with Crippen LogP contribution in [0.3, 0.4) is 0 Å². The standard InChI is InChI=1S/C25H32ClN3O2/c1-15(23(30)28-25-12-16-8-17(13-25)10-18(9-16)14-25)29-6-4-19(5-7-29)24-27-21-11-20(26)2-3-22(21)31-24/h2-3,11,15-19H,4-10,12-14H2,1H3,(H,28,30). The number of carbonyl (C=O) groups excluding carboxylic acids is 1. The van der Waals surface area contributed by atoms with Crippen LogP contribution >= 0.6 is 11.6 Å². The van der Waals surface area contributed by atoms with Gasteiger partial charge in [-0.25, -0.2) is 4.98 Å². The van der Waals surface area contributed by atoms with Gasteiger partial charge in [0.15, 0.2) is 11.5 Å². The van der Waals surface area contributed by atoms with Crippen molar-refractivity contribution >= 4 is 28.6 Å². The molecule has 1 amide bonds. The van der Waals surface area contributed by atoms with Gasteiger partial charge in [-0.15, -0.1) is 0 Å². The number of oxazole rings is 1. The zero-order chi connectivity index (χ0) is 21.2. The number of aromatic nitrogens is 1. The summed E-state index contributed by atoms with van der Waals surface area (Å²) in [6.45, 7) is 3.89. The minimum absolute atomic E-state index is 0.0728. The Morgan fingerprint density at radius 3 is 2.45 bits per heavy atom. The molecule has 1 aromatic heterocycles. The number of hydrogen-bond donors (Lipinski definition) is 1. The molecule has 1 aromatic carbocycles. The maximum Gasteiger partial charge on any atom is 0.237 e. The zero-order valence-corrected chi connectivity index (χ0v) is 19.0. The third kappa shape index (κ3) is 3.68. The van der Waals surface area contributed by atoms with Gasteiger partial charge in [0.05, 0.1) is 6.04 Å². The molecule has 5 fully saturated rings. The van der Waals surface area contributed by atoms with Crippen LogP contribution in [0, 0.1) is 17.8 Å². The summed E-state index contributed by atoms with van der Waals surface area (Å²) in [6.07, 6.45) is 9.77. The summed E-state index contributed by atoms with van der Waals surface area (Å²) in [7, 11) is 0. The van der Waals surface area contributed by atoms with E-state index in [1.165, 1.54) is 38.5 Å². The van der Waals surface area contributed by atoms with E-state index in [1.54, 1.807) is 0 Å². The summed E-state index contributed by atoms with van der Waals surface area (Å²) < 4.78 is 6.00. The van der Waals surface area contributed by atoms with Gasteiger partial charge in [-0.3, -0.25) is 9.69 Å². The molecule has 4 aliphatic carbocycles. The van der Waals surface area contributed by atoms with Gasteiger partial charge in [-0.1, -0.05) is 11.6 Å². The number of nitrogens with one attached hydrogen (secondary N) is 1. The average molecular weight is 442 g/mol. The molecular weight excluding hydrogens is 410 g/mol. The Bertz CT molecular complexity index is 959. The quantitative estimate of drug-likeness (QED) is 0.714. The number of likely N-dealkylation sites (tertiary alicyclic amines) is 1. The molecular formula is C25H32ClN3O2. The molecule has 6 heteroatoms. The number of benzene rings is 1. The summed E-state index contributed by atoms with van der Waals surface area (Å²) in [6, 6.07) is 5.51. The number of hydrogen-bond acceptors (Lipinski definition) is 4. The van der Waals surface area contributed by atoms with Gasteiger partial charge in [0.1, 0.15) is 5.52 Å². The van der Waals surface area contributed by atoms with Crippen LogP contribution in [0.15, 0.2) is 22.6 Å². The third-order valence-corrected chi connectivity index (χ3v) is 8.83. The highest BCUT2D eigenvalue weighted by Crippen LogP contribution is 2.55. The van der Waals surface area contributed by atoms with Crippen LogP contribution in [0.1, 0.15) is 70.1 Å². The molecule has 1 unspecified atom stereocenters. The van der Waals surface area contributed by atoms with Crippen molar-refractivity contribution in [2.45, 2.75) is 75.8 Å². The lowest BCUT2D eigenvalue weighted by Gasteiger charge is -2.57. The van der Waals surface area contributed by atoms with Crippen molar-refractivity contribution in [3.8, 4) is 0 Å². The summed E-state index contributed by atoms with van der Waals surface area (Å²) in [5.41, 5.74) is 1.72. The lowest BCUT2D eigenvalue weighted by molar-refractivity contribution is -0.132. The fourth-order valence-electron chi connectivity index (χ4n) is 7.42. The number of amides is 1. The van der Waals surface area contributed by atoms with E-state index in [0.717, 1.165) is 60.7 Å². The van der Waals surface area contributed by atoms with E-state index in [9.17, 15) is 4.79 Å². The maximum atomic E-state index is 13.2. The SMILES string of the molecule is CC(C(=O)NC12CC3CC(CC(C3)C1)C2)N1CCC(c2nc3cc(Cl)ccc3o2)CC1. The number of halogens is 1. The molecule has 5 nitrogen and oxygen atoms in total. The topological polar surface area (TPSA) is 58.4 Å². The second-order valence-corrected chi connectivity index (χ2v) is 11.3. The van der Waals surface area contributed by atoms with Crippen LogP contribution in [-0.4, -0.2) is 40.5 Å². The van der Waals surface area contributed by atoms with E-state index in [-0.39, 0.29) is 17.5 Å². The molecule has 4 bridgehead atoms.